The minimum Gasteiger partial charge on any atom is -0.370 e. The van der Waals surface area contributed by atoms with Crippen LogP contribution in [0.2, 0.25) is 0 Å². The smallest absolute Gasteiger partial charge is 0.186 e. The summed E-state index contributed by atoms with van der Waals surface area (Å²) in [6.45, 7) is 3.71. The first kappa shape index (κ1) is 13.7. The van der Waals surface area contributed by atoms with Crippen molar-refractivity contribution in [2.75, 3.05) is 0 Å². The number of rotatable bonds is 2. The topological polar surface area (TPSA) is 61.9 Å². The third kappa shape index (κ3) is 3.75. The van der Waals surface area contributed by atoms with Gasteiger partial charge >= 0.3 is 0 Å². The number of hydrogen-bond acceptors (Lipinski definition) is 1. The monoisotopic (exact) mass is 231 g/mol. The van der Waals surface area contributed by atoms with Gasteiger partial charge < -0.3 is 11.1 Å². The van der Waals surface area contributed by atoms with E-state index in [1.54, 1.807) is 6.07 Å². The van der Waals surface area contributed by atoms with Crippen molar-refractivity contribution in [3.05, 3.63) is 35.1 Å². The van der Waals surface area contributed by atoms with Gasteiger partial charge in [-0.3, -0.25) is 5.41 Å². The largest absolute Gasteiger partial charge is 0.370 e. The predicted octanol–water partition coefficient (Wildman–Crippen LogP) is 2.10. The van der Waals surface area contributed by atoms with Crippen molar-refractivity contribution in [2.45, 2.75) is 19.9 Å². The first-order chi connectivity index (χ1) is 6.50. The Balaban J connectivity index is 0.00000196. The van der Waals surface area contributed by atoms with Gasteiger partial charge in [0.1, 0.15) is 5.82 Å². The van der Waals surface area contributed by atoms with E-state index in [-0.39, 0.29) is 30.2 Å². The molecule has 0 spiro atoms. The number of benzene rings is 1. The number of nitrogens with two attached hydrogens (primary N) is 1. The molecular formula is C10H15ClFN3. The Morgan fingerprint density at radius 1 is 1.53 bits per heavy atom. The van der Waals surface area contributed by atoms with Crippen LogP contribution in [0.3, 0.4) is 0 Å². The number of halogens is 2. The molecule has 15 heavy (non-hydrogen) atoms. The highest BCUT2D eigenvalue weighted by Gasteiger charge is 2.08. The van der Waals surface area contributed by atoms with E-state index >= 15 is 0 Å². The van der Waals surface area contributed by atoms with Gasteiger partial charge in [0.05, 0.1) is 6.04 Å². The molecule has 1 aromatic carbocycles. The standard InChI is InChI=1S/C10H14FN3.ClH/c1-6-5-8(11)3-4-9(6)7(2)14-10(12)13;/h3-5,7H,1-2H3,(H4,12,13,14);1H. The van der Waals surface area contributed by atoms with E-state index in [2.05, 4.69) is 5.32 Å². The van der Waals surface area contributed by atoms with Crippen LogP contribution < -0.4 is 11.1 Å². The molecule has 0 radical (unpaired) electrons. The summed E-state index contributed by atoms with van der Waals surface area (Å²) in [5, 5.41) is 9.84. The van der Waals surface area contributed by atoms with Gasteiger partial charge in [0.2, 0.25) is 0 Å². The zero-order valence-corrected chi connectivity index (χ0v) is 9.49. The molecule has 1 unspecified atom stereocenters. The summed E-state index contributed by atoms with van der Waals surface area (Å²) in [5.41, 5.74) is 7.01. The minimum atomic E-state index is -0.249. The zero-order chi connectivity index (χ0) is 10.7. The van der Waals surface area contributed by atoms with Crippen LogP contribution in [-0.4, -0.2) is 5.96 Å². The number of aryl methyl sites for hydroxylation is 1. The molecule has 4 N–H and O–H groups in total. The predicted molar refractivity (Wildman–Crippen MR) is 61.8 cm³/mol. The van der Waals surface area contributed by atoms with Crippen molar-refractivity contribution >= 4 is 18.4 Å². The Hall–Kier alpha value is -1.29. The van der Waals surface area contributed by atoms with Gasteiger partial charge in [0, 0.05) is 0 Å². The van der Waals surface area contributed by atoms with E-state index in [0.717, 1.165) is 11.1 Å². The van der Waals surface area contributed by atoms with Crippen molar-refractivity contribution in [1.82, 2.24) is 5.32 Å². The normalized spacial score (nSPS) is 11.4. The molecule has 84 valence electrons. The summed E-state index contributed by atoms with van der Waals surface area (Å²) in [4.78, 5) is 0. The van der Waals surface area contributed by atoms with Crippen molar-refractivity contribution < 1.29 is 4.39 Å². The lowest BCUT2D eigenvalue weighted by molar-refractivity contribution is 0.622. The van der Waals surface area contributed by atoms with Crippen LogP contribution in [0.25, 0.3) is 0 Å². The second kappa shape index (κ2) is 5.56. The summed E-state index contributed by atoms with van der Waals surface area (Å²) in [7, 11) is 0. The molecule has 0 aromatic heterocycles. The maximum absolute atomic E-state index is 12.8. The Labute approximate surface area is 94.8 Å². The molecule has 1 aromatic rings. The SMILES string of the molecule is Cc1cc(F)ccc1C(C)NC(=N)N.Cl. The molecular weight excluding hydrogens is 217 g/mol. The Morgan fingerprint density at radius 2 is 2.13 bits per heavy atom. The molecule has 0 heterocycles. The lowest BCUT2D eigenvalue weighted by atomic mass is 10.0. The maximum atomic E-state index is 12.8. The Bertz CT molecular complexity index is 355. The minimum absolute atomic E-state index is 0. The lowest BCUT2D eigenvalue weighted by Gasteiger charge is -2.16. The van der Waals surface area contributed by atoms with Crippen LogP contribution in [0.15, 0.2) is 18.2 Å². The highest BCUT2D eigenvalue weighted by molar-refractivity contribution is 5.85. The summed E-state index contributed by atoms with van der Waals surface area (Å²) in [5.74, 6) is -0.331. The van der Waals surface area contributed by atoms with Crippen molar-refractivity contribution in [3.63, 3.8) is 0 Å². The first-order valence-electron chi connectivity index (χ1n) is 4.37. The molecule has 1 rings (SSSR count). The average Bonchev–Trinajstić information content (AvgIpc) is 2.01. The fourth-order valence-corrected chi connectivity index (χ4v) is 1.44. The van der Waals surface area contributed by atoms with E-state index in [0.29, 0.717) is 0 Å². The first-order valence-corrected chi connectivity index (χ1v) is 4.37. The zero-order valence-electron chi connectivity index (χ0n) is 8.67. The van der Waals surface area contributed by atoms with Gasteiger partial charge in [0.15, 0.2) is 5.96 Å². The molecule has 0 aliphatic heterocycles. The van der Waals surface area contributed by atoms with Gasteiger partial charge in [0.25, 0.3) is 0 Å². The van der Waals surface area contributed by atoms with Crippen LogP contribution >= 0.6 is 12.4 Å². The summed E-state index contributed by atoms with van der Waals surface area (Å²) >= 11 is 0. The molecule has 1 atom stereocenters. The second-order valence-electron chi connectivity index (χ2n) is 3.28. The highest BCUT2D eigenvalue weighted by atomic mass is 35.5. The van der Waals surface area contributed by atoms with E-state index in [1.165, 1.54) is 12.1 Å². The average molecular weight is 232 g/mol. The van der Waals surface area contributed by atoms with Crippen LogP contribution in [0.5, 0.6) is 0 Å². The molecule has 5 heteroatoms. The van der Waals surface area contributed by atoms with Crippen LogP contribution in [0.1, 0.15) is 24.1 Å². The highest BCUT2D eigenvalue weighted by Crippen LogP contribution is 2.17. The summed E-state index contributed by atoms with van der Waals surface area (Å²) in [6.07, 6.45) is 0. The molecule has 0 saturated carbocycles. The Morgan fingerprint density at radius 3 is 2.60 bits per heavy atom. The number of nitrogens with one attached hydrogen (secondary N) is 2. The van der Waals surface area contributed by atoms with Crippen molar-refractivity contribution in [3.8, 4) is 0 Å². The molecule has 3 nitrogen and oxygen atoms in total. The summed E-state index contributed by atoms with van der Waals surface area (Å²) in [6, 6.07) is 4.49. The van der Waals surface area contributed by atoms with Crippen molar-refractivity contribution in [2.24, 2.45) is 5.73 Å². The van der Waals surface area contributed by atoms with Gasteiger partial charge in [-0.05, 0) is 37.1 Å². The van der Waals surface area contributed by atoms with Gasteiger partial charge in [-0.1, -0.05) is 6.07 Å². The van der Waals surface area contributed by atoms with Crippen LogP contribution in [0.4, 0.5) is 4.39 Å². The quantitative estimate of drug-likeness (QED) is 0.539. The van der Waals surface area contributed by atoms with E-state index < -0.39 is 0 Å². The van der Waals surface area contributed by atoms with Crippen LogP contribution in [-0.2, 0) is 0 Å². The fraction of sp³-hybridized carbons (Fsp3) is 0.300. The maximum Gasteiger partial charge on any atom is 0.186 e. The third-order valence-corrected chi connectivity index (χ3v) is 2.07. The van der Waals surface area contributed by atoms with Gasteiger partial charge in [-0.25, -0.2) is 4.39 Å². The van der Waals surface area contributed by atoms with Gasteiger partial charge in [-0.2, -0.15) is 0 Å². The lowest BCUT2D eigenvalue weighted by Crippen LogP contribution is -2.32. The second-order valence-corrected chi connectivity index (χ2v) is 3.28. The molecule has 0 aliphatic carbocycles. The van der Waals surface area contributed by atoms with E-state index in [1.807, 2.05) is 13.8 Å². The summed E-state index contributed by atoms with van der Waals surface area (Å²) < 4.78 is 12.8. The molecule has 0 saturated heterocycles. The molecule has 0 fully saturated rings. The molecule has 0 amide bonds. The Kier molecular flexibility index (Phi) is 5.08. The van der Waals surface area contributed by atoms with E-state index in [9.17, 15) is 4.39 Å². The van der Waals surface area contributed by atoms with Crippen molar-refractivity contribution in [1.29, 1.82) is 5.41 Å². The molecule has 0 aliphatic rings. The third-order valence-electron chi connectivity index (χ3n) is 2.07. The fourth-order valence-electron chi connectivity index (χ4n) is 1.44. The molecule has 0 bridgehead atoms. The van der Waals surface area contributed by atoms with Crippen LogP contribution in [0, 0.1) is 18.2 Å². The number of hydrogen-bond donors (Lipinski definition) is 3. The van der Waals surface area contributed by atoms with E-state index in [4.69, 9.17) is 11.1 Å². The van der Waals surface area contributed by atoms with Gasteiger partial charge in [-0.15, -0.1) is 12.4 Å². The number of guanidine groups is 1.